The summed E-state index contributed by atoms with van der Waals surface area (Å²) in [7, 11) is 0. The van der Waals surface area contributed by atoms with E-state index in [0.717, 1.165) is 31.2 Å². The van der Waals surface area contributed by atoms with Gasteiger partial charge in [-0.25, -0.2) is 0 Å². The zero-order chi connectivity index (χ0) is 14.4. The maximum atomic E-state index is 12.2. The number of nitrogens with zero attached hydrogens (tertiary/aromatic N) is 1. The Morgan fingerprint density at radius 3 is 2.65 bits per heavy atom. The van der Waals surface area contributed by atoms with Gasteiger partial charge in [-0.1, -0.05) is 6.92 Å². The molecule has 1 amide bonds. The number of nitrogens with two attached hydrogens (primary N) is 1. The first kappa shape index (κ1) is 14.7. The van der Waals surface area contributed by atoms with Gasteiger partial charge in [0.05, 0.1) is 13.0 Å². The molecule has 1 fully saturated rings. The maximum Gasteiger partial charge on any atom is 0.226 e. The SMILES string of the molecule is CCCN(CC1CC1)C(=O)CCOc1ccc(N)cc1. The van der Waals surface area contributed by atoms with E-state index >= 15 is 0 Å². The average molecular weight is 276 g/mol. The van der Waals surface area contributed by atoms with E-state index in [0.29, 0.717) is 18.7 Å². The van der Waals surface area contributed by atoms with Crippen LogP contribution in [0.5, 0.6) is 5.75 Å². The number of nitrogen functional groups attached to an aromatic ring is 1. The van der Waals surface area contributed by atoms with Gasteiger partial charge in [0.1, 0.15) is 5.75 Å². The summed E-state index contributed by atoms with van der Waals surface area (Å²) in [5, 5.41) is 0. The van der Waals surface area contributed by atoms with Gasteiger partial charge in [-0.2, -0.15) is 0 Å². The molecule has 110 valence electrons. The second-order valence-corrected chi connectivity index (χ2v) is 5.45. The van der Waals surface area contributed by atoms with Gasteiger partial charge in [-0.3, -0.25) is 4.79 Å². The van der Waals surface area contributed by atoms with Gasteiger partial charge >= 0.3 is 0 Å². The first-order valence-corrected chi connectivity index (χ1v) is 7.45. The topological polar surface area (TPSA) is 55.6 Å². The minimum Gasteiger partial charge on any atom is -0.493 e. The van der Waals surface area contributed by atoms with Crippen molar-refractivity contribution in [2.45, 2.75) is 32.6 Å². The number of amides is 1. The number of rotatable bonds is 8. The first-order valence-electron chi connectivity index (χ1n) is 7.45. The van der Waals surface area contributed by atoms with Gasteiger partial charge in [0.15, 0.2) is 0 Å². The van der Waals surface area contributed by atoms with Crippen LogP contribution in [0, 0.1) is 5.92 Å². The van der Waals surface area contributed by atoms with Crippen molar-refractivity contribution in [1.29, 1.82) is 0 Å². The zero-order valence-electron chi connectivity index (χ0n) is 12.2. The Hall–Kier alpha value is -1.71. The Morgan fingerprint density at radius 1 is 1.35 bits per heavy atom. The van der Waals surface area contributed by atoms with Crippen molar-refractivity contribution in [3.8, 4) is 5.75 Å². The van der Waals surface area contributed by atoms with E-state index in [4.69, 9.17) is 10.5 Å². The lowest BCUT2D eigenvalue weighted by molar-refractivity contribution is -0.132. The molecule has 0 aromatic heterocycles. The Balaban J connectivity index is 1.73. The highest BCUT2D eigenvalue weighted by Crippen LogP contribution is 2.29. The molecule has 0 saturated heterocycles. The Kier molecular flexibility index (Phi) is 5.27. The minimum atomic E-state index is 0.203. The van der Waals surface area contributed by atoms with Crippen molar-refractivity contribution in [3.63, 3.8) is 0 Å². The number of hydrogen-bond donors (Lipinski definition) is 1. The van der Waals surface area contributed by atoms with Gasteiger partial charge in [-0.15, -0.1) is 0 Å². The first-order chi connectivity index (χ1) is 9.69. The molecule has 0 aliphatic heterocycles. The monoisotopic (exact) mass is 276 g/mol. The summed E-state index contributed by atoms with van der Waals surface area (Å²) in [6, 6.07) is 7.25. The molecule has 2 N–H and O–H groups in total. The van der Waals surface area contributed by atoms with Gasteiger partial charge in [0.2, 0.25) is 5.91 Å². The molecule has 1 aliphatic carbocycles. The van der Waals surface area contributed by atoms with Crippen LogP contribution in [-0.4, -0.2) is 30.5 Å². The molecule has 0 spiro atoms. The van der Waals surface area contributed by atoms with E-state index in [-0.39, 0.29) is 5.91 Å². The second kappa shape index (κ2) is 7.17. The third-order valence-corrected chi connectivity index (χ3v) is 3.49. The largest absolute Gasteiger partial charge is 0.493 e. The number of carbonyl (C=O) groups is 1. The molecule has 1 aromatic carbocycles. The molecule has 4 heteroatoms. The number of carbonyl (C=O) groups excluding carboxylic acids is 1. The Bertz CT molecular complexity index is 427. The van der Waals surface area contributed by atoms with E-state index in [1.807, 2.05) is 17.0 Å². The van der Waals surface area contributed by atoms with Crippen molar-refractivity contribution in [2.75, 3.05) is 25.4 Å². The Morgan fingerprint density at radius 2 is 2.05 bits per heavy atom. The van der Waals surface area contributed by atoms with Crippen LogP contribution in [-0.2, 0) is 4.79 Å². The summed E-state index contributed by atoms with van der Waals surface area (Å²) >= 11 is 0. The number of hydrogen-bond acceptors (Lipinski definition) is 3. The molecule has 1 saturated carbocycles. The van der Waals surface area contributed by atoms with Crippen LogP contribution < -0.4 is 10.5 Å². The molecule has 1 aliphatic rings. The molecule has 1 aromatic rings. The average Bonchev–Trinajstić information content (AvgIpc) is 3.24. The summed E-state index contributed by atoms with van der Waals surface area (Å²) in [5.74, 6) is 1.70. The van der Waals surface area contributed by atoms with Gasteiger partial charge < -0.3 is 15.4 Å². The van der Waals surface area contributed by atoms with Crippen molar-refractivity contribution < 1.29 is 9.53 Å². The molecule has 0 unspecified atom stereocenters. The highest BCUT2D eigenvalue weighted by molar-refractivity contribution is 5.76. The predicted molar refractivity (Wildman–Crippen MR) is 80.6 cm³/mol. The van der Waals surface area contributed by atoms with E-state index in [2.05, 4.69) is 6.92 Å². The summed E-state index contributed by atoms with van der Waals surface area (Å²) < 4.78 is 5.58. The normalized spacial score (nSPS) is 14.1. The molecule has 20 heavy (non-hydrogen) atoms. The summed E-state index contributed by atoms with van der Waals surface area (Å²) in [6.07, 6.45) is 4.00. The summed E-state index contributed by atoms with van der Waals surface area (Å²) in [5.41, 5.74) is 6.33. The smallest absolute Gasteiger partial charge is 0.226 e. The van der Waals surface area contributed by atoms with Crippen LogP contribution in [0.15, 0.2) is 24.3 Å². The molecule has 0 bridgehead atoms. The van der Waals surface area contributed by atoms with Crippen molar-refractivity contribution in [1.82, 2.24) is 4.90 Å². The molecule has 0 heterocycles. The maximum absolute atomic E-state index is 12.2. The highest BCUT2D eigenvalue weighted by Gasteiger charge is 2.26. The fraction of sp³-hybridized carbons (Fsp3) is 0.562. The lowest BCUT2D eigenvalue weighted by Gasteiger charge is -2.22. The Labute approximate surface area is 120 Å². The molecule has 2 rings (SSSR count). The van der Waals surface area contributed by atoms with Crippen LogP contribution in [0.2, 0.25) is 0 Å². The highest BCUT2D eigenvalue weighted by atomic mass is 16.5. The number of anilines is 1. The van der Waals surface area contributed by atoms with Crippen molar-refractivity contribution in [3.05, 3.63) is 24.3 Å². The van der Waals surface area contributed by atoms with Gasteiger partial charge in [0.25, 0.3) is 0 Å². The third kappa shape index (κ3) is 4.76. The molecular formula is C16H24N2O2. The van der Waals surface area contributed by atoms with E-state index < -0.39 is 0 Å². The molecule has 4 nitrogen and oxygen atoms in total. The summed E-state index contributed by atoms with van der Waals surface area (Å²) in [6.45, 7) is 4.32. The van der Waals surface area contributed by atoms with Crippen molar-refractivity contribution >= 4 is 11.6 Å². The van der Waals surface area contributed by atoms with Crippen LogP contribution in [0.1, 0.15) is 32.6 Å². The van der Waals surface area contributed by atoms with Gasteiger partial charge in [-0.05, 0) is 49.4 Å². The van der Waals surface area contributed by atoms with E-state index in [1.165, 1.54) is 12.8 Å². The molecule has 0 atom stereocenters. The predicted octanol–water partition coefficient (Wildman–Crippen LogP) is 2.69. The van der Waals surface area contributed by atoms with Crippen LogP contribution in [0.3, 0.4) is 0 Å². The van der Waals surface area contributed by atoms with E-state index in [9.17, 15) is 4.79 Å². The van der Waals surface area contributed by atoms with Crippen LogP contribution in [0.25, 0.3) is 0 Å². The zero-order valence-corrected chi connectivity index (χ0v) is 12.2. The quantitative estimate of drug-likeness (QED) is 0.743. The fourth-order valence-corrected chi connectivity index (χ4v) is 2.18. The number of benzene rings is 1. The molecular weight excluding hydrogens is 252 g/mol. The minimum absolute atomic E-state index is 0.203. The second-order valence-electron chi connectivity index (χ2n) is 5.45. The lowest BCUT2D eigenvalue weighted by Crippen LogP contribution is -2.34. The van der Waals surface area contributed by atoms with E-state index in [1.54, 1.807) is 12.1 Å². The molecule has 0 radical (unpaired) electrons. The van der Waals surface area contributed by atoms with Crippen molar-refractivity contribution in [2.24, 2.45) is 5.92 Å². The lowest BCUT2D eigenvalue weighted by atomic mass is 10.3. The fourth-order valence-electron chi connectivity index (χ4n) is 2.18. The third-order valence-electron chi connectivity index (χ3n) is 3.49. The summed E-state index contributed by atoms with van der Waals surface area (Å²) in [4.78, 5) is 14.2. The van der Waals surface area contributed by atoms with Gasteiger partial charge in [0, 0.05) is 18.8 Å². The van der Waals surface area contributed by atoms with Crippen LogP contribution >= 0.6 is 0 Å². The van der Waals surface area contributed by atoms with Crippen LogP contribution in [0.4, 0.5) is 5.69 Å². The number of ether oxygens (including phenoxy) is 1. The standard InChI is InChI=1S/C16H24N2O2/c1-2-10-18(12-13-3-4-13)16(19)9-11-20-15-7-5-14(17)6-8-15/h5-8,13H,2-4,9-12,17H2,1H3.